The Labute approximate surface area is 119 Å². The molecule has 0 aromatic carbocycles. The number of carboxylic acids is 1. The highest BCUT2D eigenvalue weighted by atomic mass is 16.4. The van der Waals surface area contributed by atoms with E-state index in [1.54, 1.807) is 22.9 Å². The van der Waals surface area contributed by atoms with Crippen LogP contribution in [0.15, 0.2) is 34.9 Å². The van der Waals surface area contributed by atoms with Crippen molar-refractivity contribution in [1.29, 1.82) is 0 Å². The maximum Gasteiger partial charge on any atom is 0.303 e. The third-order valence-corrected chi connectivity index (χ3v) is 2.91. The van der Waals surface area contributed by atoms with Crippen molar-refractivity contribution in [3.05, 3.63) is 42.1 Å². The lowest BCUT2D eigenvalue weighted by atomic mass is 10.3. The predicted octanol–water partition coefficient (Wildman–Crippen LogP) is 1.35. The molecule has 0 saturated heterocycles. The summed E-state index contributed by atoms with van der Waals surface area (Å²) in [5.74, 6) is 1.08. The van der Waals surface area contributed by atoms with Crippen molar-refractivity contribution in [2.24, 2.45) is 0 Å². The van der Waals surface area contributed by atoms with E-state index in [4.69, 9.17) is 9.52 Å². The normalized spacial score (nSPS) is 10.9. The zero-order valence-electron chi connectivity index (χ0n) is 11.1. The molecule has 0 aliphatic carbocycles. The van der Waals surface area contributed by atoms with Gasteiger partial charge in [0.25, 0.3) is 0 Å². The molecule has 108 valence electrons. The van der Waals surface area contributed by atoms with Crippen molar-refractivity contribution >= 4 is 17.4 Å². The highest BCUT2D eigenvalue weighted by Gasteiger charge is 2.09. The largest absolute Gasteiger partial charge is 0.481 e. The molecule has 8 nitrogen and oxygen atoms in total. The van der Waals surface area contributed by atoms with Crippen LogP contribution < -0.4 is 5.32 Å². The van der Waals surface area contributed by atoms with Gasteiger partial charge in [0.1, 0.15) is 11.6 Å². The van der Waals surface area contributed by atoms with E-state index in [9.17, 15) is 4.79 Å². The van der Waals surface area contributed by atoms with Gasteiger partial charge < -0.3 is 14.8 Å². The quantitative estimate of drug-likeness (QED) is 0.704. The molecule has 0 unspecified atom stereocenters. The summed E-state index contributed by atoms with van der Waals surface area (Å²) in [7, 11) is 0. The molecule has 3 heterocycles. The Morgan fingerprint density at radius 3 is 3.00 bits per heavy atom. The third kappa shape index (κ3) is 2.99. The number of fused-ring (bicyclic) bond motifs is 1. The monoisotopic (exact) mass is 287 g/mol. The summed E-state index contributed by atoms with van der Waals surface area (Å²) in [5, 5.41) is 24.1. The van der Waals surface area contributed by atoms with Crippen molar-refractivity contribution in [2.75, 3.05) is 5.32 Å². The summed E-state index contributed by atoms with van der Waals surface area (Å²) < 4.78 is 6.78. The average Bonchev–Trinajstić information content (AvgIpc) is 3.12. The highest BCUT2D eigenvalue weighted by molar-refractivity contribution is 5.66. The number of hydrogen-bond donors (Lipinski definition) is 2. The van der Waals surface area contributed by atoms with Crippen molar-refractivity contribution < 1.29 is 14.3 Å². The smallest absolute Gasteiger partial charge is 0.303 e. The first-order chi connectivity index (χ1) is 10.2. The lowest BCUT2D eigenvalue weighted by molar-refractivity contribution is -0.137. The Balaban J connectivity index is 1.77. The summed E-state index contributed by atoms with van der Waals surface area (Å²) >= 11 is 0. The van der Waals surface area contributed by atoms with Crippen molar-refractivity contribution in [1.82, 2.24) is 19.8 Å². The maximum atomic E-state index is 10.6. The molecule has 3 aromatic heterocycles. The number of rotatable bonds is 6. The third-order valence-electron chi connectivity index (χ3n) is 2.91. The van der Waals surface area contributed by atoms with E-state index in [2.05, 4.69) is 20.6 Å². The van der Waals surface area contributed by atoms with Crippen LogP contribution in [0.25, 0.3) is 5.65 Å². The van der Waals surface area contributed by atoms with Crippen LogP contribution in [0.5, 0.6) is 0 Å². The Hall–Kier alpha value is -2.90. The fraction of sp³-hybridized carbons (Fsp3) is 0.231. The van der Waals surface area contributed by atoms with Gasteiger partial charge in [0.2, 0.25) is 0 Å². The first-order valence-electron chi connectivity index (χ1n) is 6.42. The second kappa shape index (κ2) is 5.61. The number of aromatic nitrogens is 4. The fourth-order valence-corrected chi connectivity index (χ4v) is 1.89. The molecule has 0 bridgehead atoms. The summed E-state index contributed by atoms with van der Waals surface area (Å²) in [4.78, 5) is 10.6. The van der Waals surface area contributed by atoms with Crippen molar-refractivity contribution in [2.45, 2.75) is 19.4 Å². The van der Waals surface area contributed by atoms with Gasteiger partial charge in [-0.3, -0.25) is 4.79 Å². The molecule has 8 heteroatoms. The van der Waals surface area contributed by atoms with Crippen LogP contribution in [0.4, 0.5) is 5.82 Å². The van der Waals surface area contributed by atoms with Crippen LogP contribution in [0.1, 0.15) is 18.0 Å². The lowest BCUT2D eigenvalue weighted by Crippen LogP contribution is -2.07. The van der Waals surface area contributed by atoms with Crippen LogP contribution in [-0.4, -0.2) is 30.9 Å². The molecule has 21 heavy (non-hydrogen) atoms. The number of nitrogens with one attached hydrogen (secondary N) is 1. The molecule has 2 N–H and O–H groups in total. The second-order valence-corrected chi connectivity index (χ2v) is 4.43. The molecule has 0 aliphatic heterocycles. The zero-order valence-corrected chi connectivity index (χ0v) is 11.1. The van der Waals surface area contributed by atoms with Gasteiger partial charge in [-0.15, -0.1) is 15.3 Å². The number of aryl methyl sites for hydroxylation is 1. The van der Waals surface area contributed by atoms with Crippen LogP contribution >= 0.6 is 0 Å². The van der Waals surface area contributed by atoms with Crippen LogP contribution in [0, 0.1) is 0 Å². The summed E-state index contributed by atoms with van der Waals surface area (Å²) in [6.07, 6.45) is 1.88. The van der Waals surface area contributed by atoms with Crippen LogP contribution in [0.3, 0.4) is 0 Å². The van der Waals surface area contributed by atoms with Gasteiger partial charge in [0.05, 0.1) is 19.2 Å². The Bertz CT molecular complexity index is 750. The van der Waals surface area contributed by atoms with E-state index < -0.39 is 5.97 Å². The van der Waals surface area contributed by atoms with Gasteiger partial charge in [-0.1, -0.05) is 0 Å². The standard InChI is InChI=1S/C13H13N5O3/c19-13(20)6-5-12-16-15-11-4-3-10(17-18(11)12)14-8-9-2-1-7-21-9/h1-4,7H,5-6,8H2,(H,14,17)(H,19,20). The van der Waals surface area contributed by atoms with E-state index in [0.29, 0.717) is 23.8 Å². The molecule has 0 saturated carbocycles. The number of furan rings is 1. The van der Waals surface area contributed by atoms with E-state index >= 15 is 0 Å². The van der Waals surface area contributed by atoms with Crippen molar-refractivity contribution in [3.63, 3.8) is 0 Å². The molecule has 0 fully saturated rings. The minimum Gasteiger partial charge on any atom is -0.481 e. The van der Waals surface area contributed by atoms with E-state index in [0.717, 1.165) is 5.76 Å². The first kappa shape index (κ1) is 13.1. The SMILES string of the molecule is O=C(O)CCc1nnc2ccc(NCc3ccco3)nn12. The molecule has 0 spiro atoms. The Morgan fingerprint density at radius 1 is 1.33 bits per heavy atom. The molecule has 3 rings (SSSR count). The first-order valence-corrected chi connectivity index (χ1v) is 6.42. The number of anilines is 1. The van der Waals surface area contributed by atoms with Gasteiger partial charge in [-0.05, 0) is 24.3 Å². The average molecular weight is 287 g/mol. The Kier molecular flexibility index (Phi) is 3.50. The van der Waals surface area contributed by atoms with Gasteiger partial charge in [0.15, 0.2) is 11.5 Å². The van der Waals surface area contributed by atoms with Crippen LogP contribution in [-0.2, 0) is 17.8 Å². The number of aliphatic carboxylic acids is 1. The molecule has 0 radical (unpaired) electrons. The number of carbonyl (C=O) groups is 1. The topological polar surface area (TPSA) is 106 Å². The van der Waals surface area contributed by atoms with Crippen molar-refractivity contribution in [3.8, 4) is 0 Å². The zero-order chi connectivity index (χ0) is 14.7. The van der Waals surface area contributed by atoms with E-state index in [1.165, 1.54) is 0 Å². The minimum atomic E-state index is -0.876. The summed E-state index contributed by atoms with van der Waals surface area (Å²) in [6, 6.07) is 7.24. The highest BCUT2D eigenvalue weighted by Crippen LogP contribution is 2.10. The molecule has 0 amide bonds. The minimum absolute atomic E-state index is 0.00742. The van der Waals surface area contributed by atoms with E-state index in [-0.39, 0.29) is 12.8 Å². The van der Waals surface area contributed by atoms with Gasteiger partial charge in [-0.2, -0.15) is 4.52 Å². The molecular formula is C13H13N5O3. The lowest BCUT2D eigenvalue weighted by Gasteiger charge is -2.04. The maximum absolute atomic E-state index is 10.6. The Morgan fingerprint density at radius 2 is 2.24 bits per heavy atom. The van der Waals surface area contributed by atoms with E-state index in [1.807, 2.05) is 12.1 Å². The van der Waals surface area contributed by atoms with Crippen LogP contribution in [0.2, 0.25) is 0 Å². The molecule has 3 aromatic rings. The number of hydrogen-bond acceptors (Lipinski definition) is 6. The number of carboxylic acid groups (broad SMARTS) is 1. The van der Waals surface area contributed by atoms with Gasteiger partial charge in [0, 0.05) is 6.42 Å². The molecule has 0 aliphatic rings. The van der Waals surface area contributed by atoms with Gasteiger partial charge in [-0.25, -0.2) is 0 Å². The summed E-state index contributed by atoms with van der Waals surface area (Å²) in [5.41, 5.74) is 0.582. The number of nitrogens with zero attached hydrogens (tertiary/aromatic N) is 4. The second-order valence-electron chi connectivity index (χ2n) is 4.43. The summed E-state index contributed by atoms with van der Waals surface area (Å²) in [6.45, 7) is 0.512. The molecule has 0 atom stereocenters. The molecular weight excluding hydrogens is 274 g/mol. The fourth-order valence-electron chi connectivity index (χ4n) is 1.89. The van der Waals surface area contributed by atoms with Gasteiger partial charge >= 0.3 is 5.97 Å². The predicted molar refractivity (Wildman–Crippen MR) is 72.8 cm³/mol.